The van der Waals surface area contributed by atoms with Crippen molar-refractivity contribution in [3.8, 4) is 0 Å². The molecule has 0 spiro atoms. The van der Waals surface area contributed by atoms with Gasteiger partial charge in [-0.15, -0.1) is 0 Å². The minimum atomic E-state index is -0.516. The van der Waals surface area contributed by atoms with E-state index >= 15 is 0 Å². The van der Waals surface area contributed by atoms with Crippen molar-refractivity contribution in [1.82, 2.24) is 14.9 Å². The topological polar surface area (TPSA) is 76.0 Å². The summed E-state index contributed by atoms with van der Waals surface area (Å²) >= 11 is 5.41. The highest BCUT2D eigenvalue weighted by atomic mass is 32.1. The first-order valence-electron chi connectivity index (χ1n) is 9.67. The van der Waals surface area contributed by atoms with Crippen LogP contribution in [-0.4, -0.2) is 27.9 Å². The molecule has 0 fully saturated rings. The Morgan fingerprint density at radius 3 is 2.76 bits per heavy atom. The first-order chi connectivity index (χ1) is 14.0. The molecule has 3 aromatic rings. The lowest BCUT2D eigenvalue weighted by atomic mass is 10.1. The Labute approximate surface area is 174 Å². The molecule has 1 atom stereocenters. The van der Waals surface area contributed by atoms with Crippen LogP contribution in [0.5, 0.6) is 0 Å². The molecule has 148 valence electrons. The number of aromatic nitrogens is 2. The molecule has 2 aromatic carbocycles. The lowest BCUT2D eigenvalue weighted by molar-refractivity contribution is -0.122. The highest BCUT2D eigenvalue weighted by Gasteiger charge is 2.32. The molecule has 6 nitrogen and oxygen atoms in total. The predicted molar refractivity (Wildman–Crippen MR) is 115 cm³/mol. The molecule has 1 aliphatic heterocycles. The number of carbonyl (C=O) groups excluding carboxylic acids is 2. The van der Waals surface area contributed by atoms with E-state index < -0.39 is 6.04 Å². The van der Waals surface area contributed by atoms with E-state index in [9.17, 15) is 9.59 Å². The Morgan fingerprint density at radius 2 is 1.97 bits per heavy atom. The molecular weight excluding hydrogens is 384 g/mol. The Kier molecular flexibility index (Phi) is 5.40. The molecule has 2 N–H and O–H groups in total. The maximum Gasteiger partial charge on any atom is 0.248 e. The number of nitrogens with zero attached hydrogens (tertiary/aromatic N) is 2. The molecule has 0 aliphatic carbocycles. The van der Waals surface area contributed by atoms with Crippen molar-refractivity contribution in [3.63, 3.8) is 0 Å². The number of hydrogen-bond donors (Lipinski definition) is 2. The molecule has 1 aromatic heterocycles. The Hall–Kier alpha value is -3.06. The van der Waals surface area contributed by atoms with Gasteiger partial charge < -0.3 is 10.6 Å². The van der Waals surface area contributed by atoms with Crippen LogP contribution < -0.4 is 10.6 Å². The summed E-state index contributed by atoms with van der Waals surface area (Å²) in [4.78, 5) is 29.2. The summed E-state index contributed by atoms with van der Waals surface area (Å²) in [6.07, 6.45) is 1.41. The summed E-state index contributed by atoms with van der Waals surface area (Å²) in [6, 6.07) is 15.3. The van der Waals surface area contributed by atoms with Gasteiger partial charge >= 0.3 is 0 Å². The smallest absolute Gasteiger partial charge is 0.248 e. The van der Waals surface area contributed by atoms with Crippen LogP contribution in [0.3, 0.4) is 0 Å². The van der Waals surface area contributed by atoms with Gasteiger partial charge in [0.1, 0.15) is 11.9 Å². The number of anilines is 1. The number of rotatable bonds is 6. The number of amides is 2. The zero-order chi connectivity index (χ0) is 20.4. The van der Waals surface area contributed by atoms with Crippen LogP contribution in [0.25, 0.3) is 10.9 Å². The second-order valence-electron chi connectivity index (χ2n) is 7.26. The van der Waals surface area contributed by atoms with Gasteiger partial charge in [0.05, 0.1) is 5.52 Å². The summed E-state index contributed by atoms with van der Waals surface area (Å²) in [5, 5.41) is 6.69. The second kappa shape index (κ2) is 8.13. The number of benzene rings is 2. The normalized spacial score (nSPS) is 15.2. The van der Waals surface area contributed by atoms with Crippen LogP contribution in [0.2, 0.25) is 0 Å². The highest BCUT2D eigenvalue weighted by Crippen LogP contribution is 2.33. The molecule has 1 aliphatic rings. The number of para-hydroxylation sites is 1. The van der Waals surface area contributed by atoms with E-state index in [1.54, 1.807) is 4.57 Å². The molecule has 7 heteroatoms. The summed E-state index contributed by atoms with van der Waals surface area (Å²) in [5.41, 5.74) is 3.15. The minimum Gasteiger partial charge on any atom is -0.356 e. The molecule has 29 heavy (non-hydrogen) atoms. The third-order valence-electron chi connectivity index (χ3n) is 5.18. The third-order valence-corrected chi connectivity index (χ3v) is 5.47. The van der Waals surface area contributed by atoms with Crippen molar-refractivity contribution in [2.75, 3.05) is 11.9 Å². The van der Waals surface area contributed by atoms with Gasteiger partial charge in [-0.25, -0.2) is 4.98 Å². The van der Waals surface area contributed by atoms with Gasteiger partial charge in [0, 0.05) is 18.4 Å². The van der Waals surface area contributed by atoms with Gasteiger partial charge in [0.2, 0.25) is 16.6 Å². The third kappa shape index (κ3) is 4.05. The fourth-order valence-electron chi connectivity index (χ4n) is 3.61. The van der Waals surface area contributed by atoms with Gasteiger partial charge in [-0.05, 0) is 49.7 Å². The number of fused-ring (bicyclic) bond motifs is 3. The summed E-state index contributed by atoms with van der Waals surface area (Å²) in [7, 11) is 0. The first kappa shape index (κ1) is 19.3. The van der Waals surface area contributed by atoms with Crippen molar-refractivity contribution < 1.29 is 9.59 Å². The summed E-state index contributed by atoms with van der Waals surface area (Å²) in [6.45, 7) is 2.62. The quantitative estimate of drug-likeness (QED) is 0.612. The van der Waals surface area contributed by atoms with Gasteiger partial charge in [-0.3, -0.25) is 14.2 Å². The molecule has 0 saturated heterocycles. The molecule has 0 bridgehead atoms. The second-order valence-corrected chi connectivity index (χ2v) is 7.62. The van der Waals surface area contributed by atoms with Gasteiger partial charge in [-0.1, -0.05) is 42.0 Å². The van der Waals surface area contributed by atoms with Crippen molar-refractivity contribution in [2.24, 2.45) is 0 Å². The lowest BCUT2D eigenvalue weighted by Gasteiger charge is -2.13. The van der Waals surface area contributed by atoms with E-state index in [0.717, 1.165) is 17.3 Å². The zero-order valence-electron chi connectivity index (χ0n) is 16.1. The first-order valence-corrected chi connectivity index (χ1v) is 10.1. The van der Waals surface area contributed by atoms with Gasteiger partial charge in [0.25, 0.3) is 0 Å². The van der Waals surface area contributed by atoms with E-state index in [1.807, 2.05) is 31.2 Å². The lowest BCUT2D eigenvalue weighted by Crippen LogP contribution is -2.27. The molecule has 2 amide bonds. The molecule has 1 unspecified atom stereocenters. The van der Waals surface area contributed by atoms with Crippen LogP contribution >= 0.6 is 12.2 Å². The van der Waals surface area contributed by atoms with E-state index in [-0.39, 0.29) is 18.2 Å². The van der Waals surface area contributed by atoms with Crippen molar-refractivity contribution in [1.29, 1.82) is 0 Å². The van der Waals surface area contributed by atoms with Crippen molar-refractivity contribution in [3.05, 3.63) is 64.4 Å². The Balaban J connectivity index is 1.39. The summed E-state index contributed by atoms with van der Waals surface area (Å²) in [5.74, 6) is 0.440. The van der Waals surface area contributed by atoms with Crippen LogP contribution in [-0.2, 0) is 16.0 Å². The van der Waals surface area contributed by atoms with E-state index in [0.29, 0.717) is 23.6 Å². The Bertz CT molecular complexity index is 1140. The number of carbonyl (C=O) groups is 2. The molecule has 2 heterocycles. The monoisotopic (exact) mass is 406 g/mol. The van der Waals surface area contributed by atoms with Crippen LogP contribution in [0.4, 0.5) is 5.82 Å². The van der Waals surface area contributed by atoms with Crippen molar-refractivity contribution in [2.45, 2.75) is 32.2 Å². The maximum atomic E-state index is 12.5. The van der Waals surface area contributed by atoms with Gasteiger partial charge in [-0.2, -0.15) is 0 Å². The standard InChI is InChI=1S/C22H22N4O2S/c1-14-6-8-15(9-7-14)12-13-23-19(27)11-10-18-21(28)25-20-16-4-2-3-5-17(16)24-22(29)26(18)20/h2-9,18H,10-13H2,1H3,(H,23,27)(H,25,28). The van der Waals surface area contributed by atoms with E-state index in [2.05, 4.69) is 39.9 Å². The molecule has 0 radical (unpaired) electrons. The summed E-state index contributed by atoms with van der Waals surface area (Å²) < 4.78 is 2.08. The minimum absolute atomic E-state index is 0.0707. The zero-order valence-corrected chi connectivity index (χ0v) is 17.0. The van der Waals surface area contributed by atoms with E-state index in [1.165, 1.54) is 11.1 Å². The number of aryl methyl sites for hydroxylation is 1. The Morgan fingerprint density at radius 1 is 1.21 bits per heavy atom. The average Bonchev–Trinajstić information content (AvgIpc) is 3.05. The maximum absolute atomic E-state index is 12.5. The largest absolute Gasteiger partial charge is 0.356 e. The molecule has 4 rings (SSSR count). The van der Waals surface area contributed by atoms with Crippen molar-refractivity contribution >= 4 is 40.8 Å². The fraction of sp³-hybridized carbons (Fsp3) is 0.273. The van der Waals surface area contributed by atoms with Crippen LogP contribution in [0.1, 0.15) is 30.0 Å². The SMILES string of the molecule is Cc1ccc(CCNC(=O)CCC2C(=O)Nc3c4ccccc4nc(=S)n32)cc1. The highest BCUT2D eigenvalue weighted by molar-refractivity contribution is 7.71. The van der Waals surface area contributed by atoms with Crippen LogP contribution in [0, 0.1) is 11.7 Å². The molecular formula is C22H22N4O2S. The fourth-order valence-corrected chi connectivity index (χ4v) is 3.92. The average molecular weight is 407 g/mol. The van der Waals surface area contributed by atoms with E-state index in [4.69, 9.17) is 12.2 Å². The number of hydrogen-bond acceptors (Lipinski definition) is 4. The van der Waals surface area contributed by atoms with Crippen LogP contribution in [0.15, 0.2) is 48.5 Å². The predicted octanol–water partition coefficient (Wildman–Crippen LogP) is 3.71. The number of nitrogens with one attached hydrogen (secondary N) is 2. The molecule has 0 saturated carbocycles. The van der Waals surface area contributed by atoms with Gasteiger partial charge in [0.15, 0.2) is 0 Å².